The number of aliphatic hydroxyl groups is 1. The number of allylic oxidation sites excluding steroid dienone is 1. The molecule has 0 unspecified atom stereocenters. The molecule has 3 rings (SSSR count). The van der Waals surface area contributed by atoms with Crippen molar-refractivity contribution in [3.63, 3.8) is 0 Å². The highest BCUT2D eigenvalue weighted by Gasteiger charge is 2.32. The van der Waals surface area contributed by atoms with Gasteiger partial charge >= 0.3 is 18.0 Å². The number of benzene rings is 2. The van der Waals surface area contributed by atoms with Gasteiger partial charge in [-0.3, -0.25) is 5.43 Å². The van der Waals surface area contributed by atoms with Crippen LogP contribution in [0.25, 0.3) is 0 Å². The number of methoxy groups -OCH3 is 1. The van der Waals surface area contributed by atoms with E-state index in [0.29, 0.717) is 50.2 Å². The highest BCUT2D eigenvalue weighted by atomic mass is 79.9. The molecule has 0 fully saturated rings. The third-order valence-corrected chi connectivity index (χ3v) is 6.58. The van der Waals surface area contributed by atoms with Crippen molar-refractivity contribution in [2.24, 2.45) is 5.10 Å². The Labute approximate surface area is 261 Å². The minimum absolute atomic E-state index is 0.223. The van der Waals surface area contributed by atoms with Crippen LogP contribution in [0.3, 0.4) is 0 Å². The first-order valence-corrected chi connectivity index (χ1v) is 14.2. The normalized spacial score (nSPS) is 15.3. The third-order valence-electron chi connectivity index (χ3n) is 5.78. The zero-order chi connectivity index (χ0) is 31.5. The average molecular weight is 684 g/mol. The Morgan fingerprint density at radius 3 is 2.63 bits per heavy atom. The number of esters is 2. The van der Waals surface area contributed by atoms with Crippen LogP contribution in [0, 0.1) is 0 Å². The van der Waals surface area contributed by atoms with Gasteiger partial charge in [-0.2, -0.15) is 5.10 Å². The van der Waals surface area contributed by atoms with E-state index >= 15 is 0 Å². The van der Waals surface area contributed by atoms with E-state index in [2.05, 4.69) is 37.1 Å². The zero-order valence-electron chi connectivity index (χ0n) is 23.9. The maximum absolute atomic E-state index is 12.4. The summed E-state index contributed by atoms with van der Waals surface area (Å²) < 4.78 is 27.3. The number of aliphatic hydroxyl groups excluding tert-OH is 1. The van der Waals surface area contributed by atoms with Crippen molar-refractivity contribution in [3.8, 4) is 17.2 Å². The van der Waals surface area contributed by atoms with Gasteiger partial charge in [0.1, 0.15) is 12.4 Å². The molecule has 0 aliphatic carbocycles. The molecule has 0 aromatic heterocycles. The molecule has 13 nitrogen and oxygen atoms in total. The molecule has 2 aromatic carbocycles. The Morgan fingerprint density at radius 1 is 1.16 bits per heavy atom. The first-order valence-electron chi connectivity index (χ1n) is 13.1. The second kappa shape index (κ2) is 16.0. The van der Waals surface area contributed by atoms with Gasteiger partial charge in [0, 0.05) is 16.3 Å². The lowest BCUT2D eigenvalue weighted by molar-refractivity contribution is -0.145. The summed E-state index contributed by atoms with van der Waals surface area (Å²) in [6.45, 7) is 5.08. The molecule has 232 valence electrons. The number of ether oxygens (including phenoxy) is 5. The van der Waals surface area contributed by atoms with Crippen LogP contribution in [-0.2, 0) is 19.1 Å². The summed E-state index contributed by atoms with van der Waals surface area (Å²) >= 11 is 9.50. The van der Waals surface area contributed by atoms with Gasteiger partial charge in [-0.1, -0.05) is 17.7 Å². The number of carbonyl (C=O) groups is 3. The summed E-state index contributed by atoms with van der Waals surface area (Å²) in [5, 5.41) is 20.1. The van der Waals surface area contributed by atoms with Gasteiger partial charge in [-0.05, 0) is 66.5 Å². The van der Waals surface area contributed by atoms with Crippen molar-refractivity contribution in [2.45, 2.75) is 33.0 Å². The van der Waals surface area contributed by atoms with Gasteiger partial charge in [0.2, 0.25) is 0 Å². The Kier molecular flexibility index (Phi) is 12.5. The van der Waals surface area contributed by atoms with E-state index in [1.807, 2.05) is 0 Å². The highest BCUT2D eigenvalue weighted by molar-refractivity contribution is 9.10. The van der Waals surface area contributed by atoms with Gasteiger partial charge in [0.05, 0.1) is 42.6 Å². The zero-order valence-corrected chi connectivity index (χ0v) is 26.2. The molecule has 0 spiro atoms. The number of halogens is 2. The summed E-state index contributed by atoms with van der Waals surface area (Å²) in [7, 11) is 1.26. The summed E-state index contributed by atoms with van der Waals surface area (Å²) in [6, 6.07) is 6.83. The molecule has 15 heteroatoms. The number of nitrogens with zero attached hydrogens (tertiary/aromatic N) is 1. The summed E-state index contributed by atoms with van der Waals surface area (Å²) in [5.41, 5.74) is 4.15. The van der Waals surface area contributed by atoms with Crippen LogP contribution in [0.4, 0.5) is 4.79 Å². The van der Waals surface area contributed by atoms with E-state index in [0.717, 1.165) is 0 Å². The van der Waals surface area contributed by atoms with Gasteiger partial charge in [-0.15, -0.1) is 0 Å². The number of nitrogens with one attached hydrogen (secondary N) is 3. The third kappa shape index (κ3) is 9.24. The fraction of sp³-hybridized carbons (Fsp3) is 0.357. The van der Waals surface area contributed by atoms with Crippen molar-refractivity contribution in [3.05, 3.63) is 62.2 Å². The molecule has 0 radical (unpaired) electrons. The number of amides is 2. The fourth-order valence-corrected chi connectivity index (χ4v) is 4.93. The quantitative estimate of drug-likeness (QED) is 0.100. The number of hydrazone groups is 1. The van der Waals surface area contributed by atoms with Crippen LogP contribution in [0.5, 0.6) is 17.2 Å². The molecule has 2 atom stereocenters. The maximum Gasteiger partial charge on any atom is 0.344 e. The van der Waals surface area contributed by atoms with Crippen molar-refractivity contribution in [1.82, 2.24) is 16.1 Å². The number of hydrogen-bond acceptors (Lipinski definition) is 11. The number of carbonyl (C=O) groups excluding carboxylic acids is 3. The van der Waals surface area contributed by atoms with Gasteiger partial charge in [-0.25, -0.2) is 14.4 Å². The maximum atomic E-state index is 12.4. The standard InChI is InChI=1S/C28H32BrClN4O9/c1-5-40-21-10-16(25-24(27(37)39-4)15(3)32-28(38)33-25)7-8-20(21)42-13-22(35)34-31-12-17-9-18(30)11-19(29)26(17)43-14-23(36)41-6-2/h7-12,22,25,34-35H,5-6,13-14H2,1-4H3,(H2,32,33,38)/b31-12+/t22-,25+/m0/s1. The SMILES string of the molecule is CCOC(=O)COc1c(Br)cc(Cl)cc1/C=N/N[C@@H](O)COc1ccc([C@H]2NC(=O)NC(C)=C2C(=O)OC)cc1OCC. The van der Waals surface area contributed by atoms with E-state index < -0.39 is 30.2 Å². The van der Waals surface area contributed by atoms with Crippen LogP contribution in [0.1, 0.15) is 37.9 Å². The van der Waals surface area contributed by atoms with E-state index in [1.165, 1.54) is 13.3 Å². The molecule has 0 saturated carbocycles. The molecule has 4 N–H and O–H groups in total. The first kappa shape index (κ1) is 33.5. The van der Waals surface area contributed by atoms with Crippen LogP contribution in [0.15, 0.2) is 51.2 Å². The summed E-state index contributed by atoms with van der Waals surface area (Å²) in [4.78, 5) is 36.3. The van der Waals surface area contributed by atoms with Gasteiger partial charge in [0.25, 0.3) is 0 Å². The lowest BCUT2D eigenvalue weighted by Crippen LogP contribution is -2.45. The van der Waals surface area contributed by atoms with Crippen molar-refractivity contribution in [1.29, 1.82) is 0 Å². The summed E-state index contributed by atoms with van der Waals surface area (Å²) in [5.74, 6) is -0.179. The molecule has 1 aliphatic rings. The number of urea groups is 1. The largest absolute Gasteiger partial charge is 0.490 e. The Balaban J connectivity index is 1.70. The second-order valence-electron chi connectivity index (χ2n) is 8.81. The number of rotatable bonds is 14. The lowest BCUT2D eigenvalue weighted by Gasteiger charge is -2.28. The molecule has 43 heavy (non-hydrogen) atoms. The monoisotopic (exact) mass is 682 g/mol. The predicted molar refractivity (Wildman–Crippen MR) is 160 cm³/mol. The molecular formula is C28H32BrClN4O9. The fourth-order valence-electron chi connectivity index (χ4n) is 3.98. The number of hydrogen-bond donors (Lipinski definition) is 4. The molecule has 2 amide bonds. The van der Waals surface area contributed by atoms with Crippen molar-refractivity contribution < 1.29 is 43.2 Å². The van der Waals surface area contributed by atoms with Crippen LogP contribution in [-0.4, -0.2) is 69.1 Å². The van der Waals surface area contributed by atoms with Gasteiger partial charge < -0.3 is 39.4 Å². The van der Waals surface area contributed by atoms with Crippen LogP contribution >= 0.6 is 27.5 Å². The lowest BCUT2D eigenvalue weighted by atomic mass is 9.95. The predicted octanol–water partition coefficient (Wildman–Crippen LogP) is 3.56. The van der Waals surface area contributed by atoms with E-state index in [9.17, 15) is 19.5 Å². The Bertz CT molecular complexity index is 1400. The molecule has 0 bridgehead atoms. The highest BCUT2D eigenvalue weighted by Crippen LogP contribution is 2.35. The minimum Gasteiger partial charge on any atom is -0.490 e. The van der Waals surface area contributed by atoms with E-state index in [-0.39, 0.29) is 25.4 Å². The van der Waals surface area contributed by atoms with Crippen LogP contribution < -0.4 is 30.3 Å². The molecule has 2 aromatic rings. The molecular weight excluding hydrogens is 652 g/mol. The van der Waals surface area contributed by atoms with E-state index in [4.69, 9.17) is 35.3 Å². The molecule has 0 saturated heterocycles. The minimum atomic E-state index is -1.24. The topological polar surface area (TPSA) is 166 Å². The molecule has 1 aliphatic heterocycles. The van der Waals surface area contributed by atoms with Crippen molar-refractivity contribution in [2.75, 3.05) is 33.5 Å². The smallest absolute Gasteiger partial charge is 0.344 e. The summed E-state index contributed by atoms with van der Waals surface area (Å²) in [6.07, 6.45) is 0.125. The second-order valence-corrected chi connectivity index (χ2v) is 10.1. The van der Waals surface area contributed by atoms with Crippen molar-refractivity contribution >= 4 is 51.7 Å². The average Bonchev–Trinajstić information content (AvgIpc) is 2.95. The van der Waals surface area contributed by atoms with Gasteiger partial charge in [0.15, 0.2) is 24.3 Å². The van der Waals surface area contributed by atoms with Crippen LogP contribution in [0.2, 0.25) is 5.02 Å². The Morgan fingerprint density at radius 2 is 1.93 bits per heavy atom. The molecule has 1 heterocycles. The first-order chi connectivity index (χ1) is 20.6. The Hall–Kier alpha value is -4.01. The van der Waals surface area contributed by atoms with E-state index in [1.54, 1.807) is 51.1 Å².